The van der Waals surface area contributed by atoms with Gasteiger partial charge in [0, 0.05) is 16.6 Å². The molecule has 0 bridgehead atoms. The quantitative estimate of drug-likeness (QED) is 0.496. The summed E-state index contributed by atoms with van der Waals surface area (Å²) >= 11 is 3.46. The molecule has 1 aromatic rings. The van der Waals surface area contributed by atoms with E-state index in [1.807, 2.05) is 12.1 Å². The third-order valence-corrected chi connectivity index (χ3v) is 5.43. The van der Waals surface area contributed by atoms with Crippen LogP contribution in [0.4, 0.5) is 5.69 Å². The molecule has 3 rings (SSSR count). The summed E-state index contributed by atoms with van der Waals surface area (Å²) in [7, 11) is 0. The first-order valence-corrected chi connectivity index (χ1v) is 8.77. The van der Waals surface area contributed by atoms with Crippen LogP contribution in [0.2, 0.25) is 0 Å². The van der Waals surface area contributed by atoms with Gasteiger partial charge in [0.25, 0.3) is 0 Å². The van der Waals surface area contributed by atoms with Crippen molar-refractivity contribution in [2.45, 2.75) is 50.9 Å². The number of nitrogens with one attached hydrogen (secondary N) is 1. The molecular formula is C17H20BrNO2. The summed E-state index contributed by atoms with van der Waals surface area (Å²) in [6.07, 6.45) is 5.79. The van der Waals surface area contributed by atoms with E-state index in [-0.39, 0.29) is 11.7 Å². The molecule has 1 aromatic carbocycles. The predicted octanol–water partition coefficient (Wildman–Crippen LogP) is 3.98. The summed E-state index contributed by atoms with van der Waals surface area (Å²) in [5, 5.41) is 4.02. The lowest BCUT2D eigenvalue weighted by Gasteiger charge is -2.34. The average Bonchev–Trinajstić information content (AvgIpc) is 2.74. The Balaban J connectivity index is 2.10. The van der Waals surface area contributed by atoms with E-state index in [0.717, 1.165) is 66.2 Å². The largest absolute Gasteiger partial charge is 0.325 e. The Kier molecular flexibility index (Phi) is 3.91. The van der Waals surface area contributed by atoms with E-state index < -0.39 is 5.41 Å². The Morgan fingerprint density at radius 1 is 1.38 bits per heavy atom. The van der Waals surface area contributed by atoms with E-state index >= 15 is 0 Å². The molecule has 0 spiro atoms. The van der Waals surface area contributed by atoms with E-state index in [4.69, 9.17) is 0 Å². The van der Waals surface area contributed by atoms with Gasteiger partial charge in [-0.2, -0.15) is 0 Å². The molecule has 0 aromatic heterocycles. The lowest BCUT2D eigenvalue weighted by atomic mass is 9.67. The zero-order chi connectivity index (χ0) is 15.0. The van der Waals surface area contributed by atoms with Gasteiger partial charge < -0.3 is 5.32 Å². The number of Topliss-reactive ketones (excluding diaryl/α,β-unsaturated/α-hetero) is 1. The van der Waals surface area contributed by atoms with Gasteiger partial charge in [-0.3, -0.25) is 9.59 Å². The molecule has 0 fully saturated rings. The molecule has 4 heteroatoms. The molecule has 3 nitrogen and oxygen atoms in total. The van der Waals surface area contributed by atoms with Crippen LogP contribution in [0.25, 0.3) is 0 Å². The number of ketones is 1. The minimum Gasteiger partial charge on any atom is -0.325 e. The Hall–Kier alpha value is -1.16. The van der Waals surface area contributed by atoms with Crippen LogP contribution in [0, 0.1) is 0 Å². The van der Waals surface area contributed by atoms with Gasteiger partial charge >= 0.3 is 0 Å². The highest BCUT2D eigenvalue weighted by molar-refractivity contribution is 9.09. The lowest BCUT2D eigenvalue weighted by molar-refractivity contribution is -0.121. The molecule has 112 valence electrons. The maximum Gasteiger partial charge on any atom is 0.235 e. The van der Waals surface area contributed by atoms with Crippen molar-refractivity contribution in [1.82, 2.24) is 0 Å². The second kappa shape index (κ2) is 5.56. The SMILES string of the molecule is CC(=O)c1ccc2c3c1CCCC3(CCCCBr)C(=O)N2. The molecular weight excluding hydrogens is 330 g/mol. The van der Waals surface area contributed by atoms with E-state index in [0.29, 0.717) is 0 Å². The number of alkyl halides is 1. The zero-order valence-electron chi connectivity index (χ0n) is 12.3. The van der Waals surface area contributed by atoms with Crippen molar-refractivity contribution in [2.75, 3.05) is 10.6 Å². The van der Waals surface area contributed by atoms with Crippen molar-refractivity contribution in [3.63, 3.8) is 0 Å². The second-order valence-corrected chi connectivity index (χ2v) is 6.90. The summed E-state index contributed by atoms with van der Waals surface area (Å²) in [6, 6.07) is 3.78. The van der Waals surface area contributed by atoms with Crippen LogP contribution in [0.3, 0.4) is 0 Å². The molecule has 1 heterocycles. The number of rotatable bonds is 5. The number of carbonyl (C=O) groups is 2. The van der Waals surface area contributed by atoms with Gasteiger partial charge in [-0.25, -0.2) is 0 Å². The fourth-order valence-electron chi connectivity index (χ4n) is 3.93. The standard InChI is InChI=1S/C17H20BrNO2/c1-11(20)12-6-7-14-15-13(12)5-4-9-17(15,16(21)19-14)8-2-3-10-18/h6-7H,2-5,8-10H2,1H3,(H,19,21). The first-order valence-electron chi connectivity index (χ1n) is 7.65. The minimum absolute atomic E-state index is 0.100. The monoisotopic (exact) mass is 349 g/mol. The van der Waals surface area contributed by atoms with Crippen LogP contribution in [0.5, 0.6) is 0 Å². The molecule has 0 saturated heterocycles. The van der Waals surface area contributed by atoms with Crippen LogP contribution < -0.4 is 5.32 Å². The highest BCUT2D eigenvalue weighted by atomic mass is 79.9. The molecule has 0 saturated carbocycles. The third-order valence-electron chi connectivity index (χ3n) is 4.87. The number of unbranched alkanes of at least 4 members (excludes halogenated alkanes) is 1. The second-order valence-electron chi connectivity index (χ2n) is 6.11. The van der Waals surface area contributed by atoms with Gasteiger partial charge in [0.15, 0.2) is 5.78 Å². The van der Waals surface area contributed by atoms with E-state index in [1.165, 1.54) is 0 Å². The topological polar surface area (TPSA) is 46.2 Å². The van der Waals surface area contributed by atoms with Crippen LogP contribution in [-0.2, 0) is 16.6 Å². The molecule has 0 radical (unpaired) electrons. The summed E-state index contributed by atoms with van der Waals surface area (Å²) in [5.74, 6) is 0.233. The maximum absolute atomic E-state index is 12.6. The summed E-state index contributed by atoms with van der Waals surface area (Å²) in [6.45, 7) is 1.61. The van der Waals surface area contributed by atoms with E-state index in [9.17, 15) is 9.59 Å². The zero-order valence-corrected chi connectivity index (χ0v) is 13.9. The van der Waals surface area contributed by atoms with Crippen LogP contribution in [-0.4, -0.2) is 17.0 Å². The van der Waals surface area contributed by atoms with E-state index in [2.05, 4.69) is 21.2 Å². The average molecular weight is 350 g/mol. The molecule has 1 aliphatic heterocycles. The molecule has 1 atom stereocenters. The van der Waals surface area contributed by atoms with Crippen molar-refractivity contribution >= 4 is 33.3 Å². The van der Waals surface area contributed by atoms with E-state index in [1.54, 1.807) is 6.92 Å². The molecule has 1 aliphatic carbocycles. The Morgan fingerprint density at radius 3 is 2.90 bits per heavy atom. The fraction of sp³-hybridized carbons (Fsp3) is 0.529. The van der Waals surface area contributed by atoms with Gasteiger partial charge in [-0.15, -0.1) is 0 Å². The van der Waals surface area contributed by atoms with Gasteiger partial charge in [-0.05, 0) is 62.3 Å². The number of hydrogen-bond donors (Lipinski definition) is 1. The van der Waals surface area contributed by atoms with Crippen molar-refractivity contribution in [2.24, 2.45) is 0 Å². The maximum atomic E-state index is 12.6. The number of halogens is 1. The van der Waals surface area contributed by atoms with Crippen LogP contribution in [0.1, 0.15) is 60.5 Å². The number of amides is 1. The van der Waals surface area contributed by atoms with Gasteiger partial charge in [0.05, 0.1) is 5.41 Å². The Labute approximate surface area is 133 Å². The van der Waals surface area contributed by atoms with Gasteiger partial charge in [0.2, 0.25) is 5.91 Å². The summed E-state index contributed by atoms with van der Waals surface area (Å²) in [5.41, 5.74) is 3.58. The first kappa shape index (κ1) is 14.8. The Morgan fingerprint density at radius 2 is 2.19 bits per heavy atom. The van der Waals surface area contributed by atoms with Gasteiger partial charge in [-0.1, -0.05) is 22.4 Å². The molecule has 1 amide bonds. The van der Waals surface area contributed by atoms with Crippen molar-refractivity contribution in [3.05, 3.63) is 28.8 Å². The normalized spacial score (nSPS) is 22.9. The van der Waals surface area contributed by atoms with Crippen molar-refractivity contribution in [3.8, 4) is 0 Å². The molecule has 1 unspecified atom stereocenters. The number of carbonyl (C=O) groups excluding carboxylic acids is 2. The predicted molar refractivity (Wildman–Crippen MR) is 87.3 cm³/mol. The van der Waals surface area contributed by atoms with Gasteiger partial charge in [0.1, 0.15) is 0 Å². The summed E-state index contributed by atoms with van der Waals surface area (Å²) < 4.78 is 0. The Bertz CT molecular complexity index is 611. The summed E-state index contributed by atoms with van der Waals surface area (Å²) in [4.78, 5) is 24.5. The highest BCUT2D eigenvalue weighted by Gasteiger charge is 2.49. The van der Waals surface area contributed by atoms with Crippen molar-refractivity contribution < 1.29 is 9.59 Å². The molecule has 1 N–H and O–H groups in total. The molecule has 21 heavy (non-hydrogen) atoms. The third kappa shape index (κ3) is 2.24. The van der Waals surface area contributed by atoms with Crippen LogP contribution in [0.15, 0.2) is 12.1 Å². The smallest absolute Gasteiger partial charge is 0.235 e. The highest BCUT2D eigenvalue weighted by Crippen LogP contribution is 2.50. The number of benzene rings is 1. The lowest BCUT2D eigenvalue weighted by Crippen LogP contribution is -2.37. The van der Waals surface area contributed by atoms with Crippen molar-refractivity contribution in [1.29, 1.82) is 0 Å². The first-order chi connectivity index (χ1) is 10.1. The fourth-order valence-corrected chi connectivity index (χ4v) is 4.33. The minimum atomic E-state index is -0.392. The molecule has 2 aliphatic rings. The number of anilines is 1. The van der Waals surface area contributed by atoms with Crippen LogP contribution >= 0.6 is 15.9 Å². The number of hydrogen-bond acceptors (Lipinski definition) is 2.